The minimum atomic E-state index is -1.03. The van der Waals surface area contributed by atoms with Gasteiger partial charge in [0.25, 0.3) is 0 Å². The molecule has 1 aromatic carbocycles. The topological polar surface area (TPSA) is 75.6 Å². The predicted octanol–water partition coefficient (Wildman–Crippen LogP) is 2.34. The maximum atomic E-state index is 11.3. The summed E-state index contributed by atoms with van der Waals surface area (Å²) in [6.07, 6.45) is 1.68. The Hall–Kier alpha value is -2.04. The van der Waals surface area contributed by atoms with Crippen LogP contribution in [0.3, 0.4) is 0 Å². The van der Waals surface area contributed by atoms with Crippen LogP contribution in [-0.2, 0) is 4.74 Å². The monoisotopic (exact) mass is 235 g/mol. The molecule has 1 aliphatic carbocycles. The molecule has 0 heterocycles. The third-order valence-electron chi connectivity index (χ3n) is 2.50. The smallest absolute Gasteiger partial charge is 0.411 e. The van der Waals surface area contributed by atoms with Gasteiger partial charge in [-0.3, -0.25) is 5.32 Å². The molecule has 2 N–H and O–H groups in total. The Morgan fingerprint density at radius 1 is 1.41 bits per heavy atom. The second kappa shape index (κ2) is 4.86. The average Bonchev–Trinajstić information content (AvgIpc) is 3.10. The van der Waals surface area contributed by atoms with E-state index in [1.54, 1.807) is 12.1 Å². The number of hydrogen-bond donors (Lipinski definition) is 2. The number of amides is 1. The zero-order valence-corrected chi connectivity index (χ0v) is 9.18. The molecule has 0 aliphatic heterocycles. The molecule has 5 heteroatoms. The van der Waals surface area contributed by atoms with Gasteiger partial charge in [0.2, 0.25) is 0 Å². The van der Waals surface area contributed by atoms with Crippen molar-refractivity contribution in [3.05, 3.63) is 29.8 Å². The molecular weight excluding hydrogens is 222 g/mol. The lowest BCUT2D eigenvalue weighted by molar-refractivity contribution is 0.0696. The first-order valence-electron chi connectivity index (χ1n) is 5.42. The van der Waals surface area contributed by atoms with Crippen molar-refractivity contribution < 1.29 is 19.4 Å². The third-order valence-corrected chi connectivity index (χ3v) is 2.50. The van der Waals surface area contributed by atoms with Gasteiger partial charge in [0.1, 0.15) is 0 Å². The number of nitrogens with one attached hydrogen (secondary N) is 1. The van der Waals surface area contributed by atoms with Crippen molar-refractivity contribution in [3.63, 3.8) is 0 Å². The number of rotatable bonds is 4. The van der Waals surface area contributed by atoms with E-state index < -0.39 is 12.1 Å². The van der Waals surface area contributed by atoms with Crippen molar-refractivity contribution in [1.29, 1.82) is 0 Å². The highest BCUT2D eigenvalue weighted by Crippen LogP contribution is 2.28. The number of anilines is 1. The van der Waals surface area contributed by atoms with Crippen LogP contribution in [0.4, 0.5) is 10.5 Å². The van der Waals surface area contributed by atoms with Crippen molar-refractivity contribution in [1.82, 2.24) is 0 Å². The molecule has 2 rings (SSSR count). The van der Waals surface area contributed by atoms with Gasteiger partial charge in [0.05, 0.1) is 12.2 Å². The van der Waals surface area contributed by atoms with Gasteiger partial charge in [-0.25, -0.2) is 9.59 Å². The first-order valence-corrected chi connectivity index (χ1v) is 5.42. The standard InChI is InChI=1S/C12H13NO4/c14-11(15)9-2-1-3-10(6-9)13-12(16)17-7-8-4-5-8/h1-3,6,8H,4-5,7H2,(H,13,16)(H,14,15). The van der Waals surface area contributed by atoms with E-state index in [1.807, 2.05) is 0 Å². The first kappa shape index (κ1) is 11.4. The van der Waals surface area contributed by atoms with Gasteiger partial charge >= 0.3 is 12.1 Å². The summed E-state index contributed by atoms with van der Waals surface area (Å²) in [5, 5.41) is 11.3. The number of aromatic carboxylic acids is 1. The first-order chi connectivity index (χ1) is 8.15. The predicted molar refractivity (Wildman–Crippen MR) is 61.1 cm³/mol. The van der Waals surface area contributed by atoms with Gasteiger partial charge in [-0.2, -0.15) is 0 Å². The van der Waals surface area contributed by atoms with E-state index in [2.05, 4.69) is 5.32 Å². The Morgan fingerprint density at radius 2 is 2.18 bits per heavy atom. The molecule has 0 radical (unpaired) electrons. The van der Waals surface area contributed by atoms with Crippen LogP contribution >= 0.6 is 0 Å². The van der Waals surface area contributed by atoms with Gasteiger partial charge in [-0.05, 0) is 37.0 Å². The highest BCUT2D eigenvalue weighted by atomic mass is 16.5. The summed E-state index contributed by atoms with van der Waals surface area (Å²) < 4.78 is 4.97. The molecule has 0 aromatic heterocycles. The molecule has 0 unspecified atom stereocenters. The van der Waals surface area contributed by atoms with Crippen LogP contribution in [0.1, 0.15) is 23.2 Å². The van der Waals surface area contributed by atoms with Crippen LogP contribution in [0.25, 0.3) is 0 Å². The SMILES string of the molecule is O=C(Nc1cccc(C(=O)O)c1)OCC1CC1. The summed E-state index contributed by atoms with van der Waals surface area (Å²) in [5.41, 5.74) is 0.552. The minimum absolute atomic E-state index is 0.130. The fourth-order valence-corrected chi connectivity index (χ4v) is 1.36. The molecule has 17 heavy (non-hydrogen) atoms. The number of ether oxygens (including phenoxy) is 1. The number of carbonyl (C=O) groups is 2. The van der Waals surface area contributed by atoms with Gasteiger partial charge in [0.15, 0.2) is 0 Å². The Morgan fingerprint density at radius 3 is 2.82 bits per heavy atom. The third kappa shape index (κ3) is 3.48. The van der Waals surface area contributed by atoms with Crippen LogP contribution in [0.2, 0.25) is 0 Å². The van der Waals surface area contributed by atoms with E-state index in [1.165, 1.54) is 12.1 Å². The molecule has 1 aromatic rings. The normalized spacial score (nSPS) is 14.1. The Balaban J connectivity index is 1.90. The summed E-state index contributed by atoms with van der Waals surface area (Å²) in [7, 11) is 0. The number of hydrogen-bond acceptors (Lipinski definition) is 3. The van der Waals surface area contributed by atoms with Gasteiger partial charge in [-0.1, -0.05) is 6.07 Å². The zero-order valence-electron chi connectivity index (χ0n) is 9.18. The van der Waals surface area contributed by atoms with Crippen molar-refractivity contribution in [2.24, 2.45) is 5.92 Å². The van der Waals surface area contributed by atoms with Crippen molar-refractivity contribution in [3.8, 4) is 0 Å². The fourth-order valence-electron chi connectivity index (χ4n) is 1.36. The summed E-state index contributed by atoms with van der Waals surface area (Å²) in [4.78, 5) is 22.1. The molecule has 0 bridgehead atoms. The molecule has 90 valence electrons. The zero-order chi connectivity index (χ0) is 12.3. The van der Waals surface area contributed by atoms with Crippen LogP contribution < -0.4 is 5.32 Å². The highest BCUT2D eigenvalue weighted by Gasteiger charge is 2.23. The highest BCUT2D eigenvalue weighted by molar-refractivity contribution is 5.91. The van der Waals surface area contributed by atoms with Crippen molar-refractivity contribution in [2.45, 2.75) is 12.8 Å². The van der Waals surface area contributed by atoms with Crippen molar-refractivity contribution >= 4 is 17.7 Å². The fraction of sp³-hybridized carbons (Fsp3) is 0.333. The summed E-state index contributed by atoms with van der Waals surface area (Å²) >= 11 is 0. The summed E-state index contributed by atoms with van der Waals surface area (Å²) in [5.74, 6) is -0.522. The number of carbonyl (C=O) groups excluding carboxylic acids is 1. The van der Waals surface area contributed by atoms with Crippen LogP contribution in [0.15, 0.2) is 24.3 Å². The average molecular weight is 235 g/mol. The van der Waals surface area contributed by atoms with Gasteiger partial charge < -0.3 is 9.84 Å². The van der Waals surface area contributed by atoms with E-state index in [0.29, 0.717) is 18.2 Å². The van der Waals surface area contributed by atoms with E-state index >= 15 is 0 Å². The lowest BCUT2D eigenvalue weighted by Crippen LogP contribution is -2.15. The van der Waals surface area contributed by atoms with E-state index in [0.717, 1.165) is 12.8 Å². The Kier molecular flexibility index (Phi) is 3.27. The minimum Gasteiger partial charge on any atom is -0.478 e. The molecule has 0 spiro atoms. The quantitative estimate of drug-likeness (QED) is 0.839. The number of carboxylic acid groups (broad SMARTS) is 1. The maximum absolute atomic E-state index is 11.3. The number of carboxylic acids is 1. The second-order valence-corrected chi connectivity index (χ2v) is 4.05. The van der Waals surface area contributed by atoms with Crippen LogP contribution in [-0.4, -0.2) is 23.8 Å². The molecule has 1 amide bonds. The molecule has 0 atom stereocenters. The molecule has 0 saturated heterocycles. The van der Waals surface area contributed by atoms with Crippen molar-refractivity contribution in [2.75, 3.05) is 11.9 Å². The van der Waals surface area contributed by atoms with Gasteiger partial charge in [-0.15, -0.1) is 0 Å². The molecule has 1 aliphatic rings. The number of benzene rings is 1. The molecule has 1 saturated carbocycles. The Labute approximate surface area is 98.4 Å². The van der Waals surface area contributed by atoms with E-state index in [-0.39, 0.29) is 5.56 Å². The summed E-state index contributed by atoms with van der Waals surface area (Å²) in [6.45, 7) is 0.435. The Bertz CT molecular complexity index is 440. The maximum Gasteiger partial charge on any atom is 0.411 e. The lowest BCUT2D eigenvalue weighted by Gasteiger charge is -2.06. The second-order valence-electron chi connectivity index (χ2n) is 4.05. The molecule has 1 fully saturated rings. The molecule has 5 nitrogen and oxygen atoms in total. The van der Waals surface area contributed by atoms with Crippen LogP contribution in [0, 0.1) is 5.92 Å². The van der Waals surface area contributed by atoms with E-state index in [9.17, 15) is 9.59 Å². The lowest BCUT2D eigenvalue weighted by atomic mass is 10.2. The van der Waals surface area contributed by atoms with Gasteiger partial charge in [0, 0.05) is 5.69 Å². The largest absolute Gasteiger partial charge is 0.478 e. The molecular formula is C12H13NO4. The van der Waals surface area contributed by atoms with E-state index in [4.69, 9.17) is 9.84 Å². The van der Waals surface area contributed by atoms with Crippen LogP contribution in [0.5, 0.6) is 0 Å². The summed E-state index contributed by atoms with van der Waals surface area (Å²) in [6, 6.07) is 6.04.